The Kier molecular flexibility index (Phi) is 45.5. The number of nitrogens with one attached hydrogen (secondary N) is 2. The summed E-state index contributed by atoms with van der Waals surface area (Å²) >= 11 is 0. The van der Waals surface area contributed by atoms with Crippen molar-refractivity contribution in [2.75, 3.05) is 67.6 Å². The van der Waals surface area contributed by atoms with Crippen molar-refractivity contribution < 1.29 is 66.9 Å². The number of aliphatic hydroxyl groups excluding tert-OH is 2. The fourth-order valence-electron chi connectivity index (χ4n) is 9.18. The van der Waals surface area contributed by atoms with E-state index in [2.05, 4.69) is 43.6 Å². The van der Waals surface area contributed by atoms with E-state index >= 15 is 0 Å². The number of nitrogens with zero attached hydrogens (tertiary/aromatic N) is 2. The molecule has 0 aliphatic carbocycles. The van der Waals surface area contributed by atoms with Gasteiger partial charge in [0.2, 0.25) is 11.8 Å². The van der Waals surface area contributed by atoms with Gasteiger partial charge >= 0.3 is 23.9 Å². The Morgan fingerprint density at radius 1 is 0.449 bits per heavy atom. The van der Waals surface area contributed by atoms with Crippen LogP contribution in [0.25, 0.3) is 0 Å². The molecule has 2 amide bonds. The Hall–Kier alpha value is -3.86. The molecule has 4 N–H and O–H groups in total. The number of likely N-dealkylation sites (N-methyl/N-ethyl adjacent to an activating group) is 2. The number of hydrogen-bond donors (Lipinski definition) is 4. The Balaban J connectivity index is 4.75. The van der Waals surface area contributed by atoms with E-state index in [1.165, 1.54) is 46.0 Å². The van der Waals surface area contributed by atoms with Crippen molar-refractivity contribution in [2.45, 2.75) is 271 Å². The summed E-state index contributed by atoms with van der Waals surface area (Å²) in [6, 6.07) is 0. The van der Waals surface area contributed by atoms with Crippen LogP contribution in [0.5, 0.6) is 0 Å². The molecule has 454 valence electrons. The van der Waals surface area contributed by atoms with Crippen LogP contribution in [0.3, 0.4) is 0 Å². The Morgan fingerprint density at radius 2 is 0.782 bits per heavy atom. The third-order valence-electron chi connectivity index (χ3n) is 14.1. The van der Waals surface area contributed by atoms with Crippen molar-refractivity contribution in [2.24, 2.45) is 0 Å². The third kappa shape index (κ3) is 45.9. The van der Waals surface area contributed by atoms with E-state index in [4.69, 9.17) is 18.9 Å². The molecule has 0 saturated carbocycles. The van der Waals surface area contributed by atoms with Gasteiger partial charge in [-0.05, 0) is 89.9 Å². The molecule has 0 heterocycles. The van der Waals surface area contributed by atoms with E-state index < -0.39 is 24.4 Å². The monoisotopic (exact) mass is 1110 g/mol. The summed E-state index contributed by atoms with van der Waals surface area (Å²) < 4.78 is 22.3. The van der Waals surface area contributed by atoms with Crippen LogP contribution in [0.1, 0.15) is 240 Å². The maximum absolute atomic E-state index is 13.1. The molecule has 0 bridgehead atoms. The van der Waals surface area contributed by atoms with Gasteiger partial charge in [-0.2, -0.15) is 0 Å². The van der Waals surface area contributed by atoms with Crippen LogP contribution >= 0.6 is 0 Å². The van der Waals surface area contributed by atoms with Crippen LogP contribution in [0.2, 0.25) is 0 Å². The summed E-state index contributed by atoms with van der Waals surface area (Å²) in [7, 11) is 7.54. The zero-order chi connectivity index (χ0) is 58.3. The Morgan fingerprint density at radius 3 is 1.17 bits per heavy atom. The van der Waals surface area contributed by atoms with E-state index in [0.29, 0.717) is 60.6 Å². The van der Waals surface area contributed by atoms with Crippen molar-refractivity contribution in [3.8, 4) is 0 Å². The topological polar surface area (TPSA) is 204 Å². The van der Waals surface area contributed by atoms with Gasteiger partial charge in [0.15, 0.2) is 13.1 Å². The van der Waals surface area contributed by atoms with Gasteiger partial charge in [0.1, 0.15) is 44.7 Å². The summed E-state index contributed by atoms with van der Waals surface area (Å²) in [5, 5.41) is 28.2. The minimum absolute atomic E-state index is 0.0197. The van der Waals surface area contributed by atoms with Crippen LogP contribution in [0.15, 0.2) is 24.3 Å². The van der Waals surface area contributed by atoms with Gasteiger partial charge in [-0.1, -0.05) is 148 Å². The highest BCUT2D eigenvalue weighted by Gasteiger charge is 2.29. The van der Waals surface area contributed by atoms with Gasteiger partial charge < -0.3 is 48.8 Å². The van der Waals surface area contributed by atoms with Gasteiger partial charge in [-0.25, -0.2) is 9.59 Å². The molecule has 0 aliphatic rings. The first-order chi connectivity index (χ1) is 37.2. The van der Waals surface area contributed by atoms with Crippen molar-refractivity contribution in [3.05, 3.63) is 24.3 Å². The normalized spacial score (nSPS) is 13.9. The Bertz CT molecular complexity index is 1530. The number of aliphatic hydroxyl groups is 2. The van der Waals surface area contributed by atoms with Crippen molar-refractivity contribution in [3.63, 3.8) is 0 Å². The van der Waals surface area contributed by atoms with Crippen molar-refractivity contribution >= 4 is 35.7 Å². The van der Waals surface area contributed by atoms with Crippen LogP contribution < -0.4 is 10.6 Å². The van der Waals surface area contributed by atoms with Crippen LogP contribution in [-0.2, 0) is 47.7 Å². The summed E-state index contributed by atoms with van der Waals surface area (Å²) in [6.45, 7) is 10.8. The number of esters is 4. The molecule has 0 aromatic carbocycles. The van der Waals surface area contributed by atoms with Crippen molar-refractivity contribution in [1.29, 1.82) is 0 Å². The zero-order valence-corrected chi connectivity index (χ0v) is 50.9. The fourth-order valence-corrected chi connectivity index (χ4v) is 9.18. The van der Waals surface area contributed by atoms with Crippen molar-refractivity contribution in [1.82, 2.24) is 10.6 Å². The minimum atomic E-state index is -0.786. The molecule has 0 radical (unpaired) electrons. The lowest BCUT2D eigenvalue weighted by Crippen LogP contribution is -2.47. The lowest BCUT2D eigenvalue weighted by atomic mass is 10.0. The summed E-state index contributed by atoms with van der Waals surface area (Å²) in [6.07, 6.45) is 34.0. The predicted octanol–water partition coefficient (Wildman–Crippen LogP) is 11.0. The number of quaternary nitrogens is 2. The number of ether oxygens (including phenoxy) is 4. The van der Waals surface area contributed by atoms with E-state index in [-0.39, 0.29) is 68.2 Å². The molecule has 78 heavy (non-hydrogen) atoms. The maximum Gasteiger partial charge on any atom is 0.362 e. The molecular formula is C62H116N4O12+2. The van der Waals surface area contributed by atoms with Gasteiger partial charge in [0, 0.05) is 26.7 Å². The average Bonchev–Trinajstić information content (AvgIpc) is 3.35. The average molecular weight is 1110 g/mol. The smallest absolute Gasteiger partial charge is 0.362 e. The molecule has 0 saturated heterocycles. The summed E-state index contributed by atoms with van der Waals surface area (Å²) in [5.41, 5.74) is 0. The largest absolute Gasteiger partial charge is 0.460 e. The maximum atomic E-state index is 13.1. The molecular weight excluding hydrogens is 993 g/mol. The molecule has 16 heteroatoms. The number of carbonyl (C=O) groups is 6. The summed E-state index contributed by atoms with van der Waals surface area (Å²) in [5.74, 6) is -1.49. The first kappa shape index (κ1) is 74.1. The molecule has 0 aromatic heterocycles. The SMILES string of the molecule is CCCCCCCCCC(NC(=O)CCCCCCC/C=C\CC(O)C(CCCCC)OC(=O)C[N+](C)(C)CCOC(C)=O)NC(=O)CCCCCCC/C=C\CC(O)C(CCCCC)OC(=O)C[N+](C)(C)CCOC(C)=O. The van der Waals surface area contributed by atoms with Gasteiger partial charge in [0.05, 0.1) is 40.4 Å². The zero-order valence-electron chi connectivity index (χ0n) is 50.9. The first-order valence-electron chi connectivity index (χ1n) is 30.8. The van der Waals surface area contributed by atoms with E-state index in [1.54, 1.807) is 0 Å². The number of unbranched alkanes of at least 4 members (excludes halogenated alkanes) is 20. The minimum Gasteiger partial charge on any atom is -0.460 e. The van der Waals surface area contributed by atoms with Gasteiger partial charge in [-0.3, -0.25) is 19.2 Å². The molecule has 0 aromatic rings. The second kappa shape index (κ2) is 47.9. The first-order valence-corrected chi connectivity index (χ1v) is 30.8. The summed E-state index contributed by atoms with van der Waals surface area (Å²) in [4.78, 5) is 74.2. The predicted molar refractivity (Wildman–Crippen MR) is 312 cm³/mol. The van der Waals surface area contributed by atoms with E-state index in [1.807, 2.05) is 40.3 Å². The molecule has 0 fully saturated rings. The second-order valence-corrected chi connectivity index (χ2v) is 23.1. The molecule has 4 unspecified atom stereocenters. The molecule has 0 rings (SSSR count). The highest BCUT2D eigenvalue weighted by molar-refractivity contribution is 5.79. The van der Waals surface area contributed by atoms with E-state index in [0.717, 1.165) is 135 Å². The highest BCUT2D eigenvalue weighted by Crippen LogP contribution is 2.19. The molecule has 16 nitrogen and oxygen atoms in total. The quantitative estimate of drug-likeness (QED) is 0.0112. The molecule has 4 atom stereocenters. The van der Waals surface area contributed by atoms with Gasteiger partial charge in [-0.15, -0.1) is 0 Å². The fraction of sp³-hybridized carbons (Fsp3) is 0.839. The van der Waals surface area contributed by atoms with E-state index in [9.17, 15) is 39.0 Å². The Labute approximate surface area is 474 Å². The number of allylic oxidation sites excluding steroid dienone is 2. The second-order valence-electron chi connectivity index (χ2n) is 23.1. The van der Waals surface area contributed by atoms with Crippen LogP contribution in [-0.4, -0.2) is 153 Å². The number of rotatable bonds is 52. The third-order valence-corrected chi connectivity index (χ3v) is 14.1. The standard InChI is InChI=1S/C62H114N4O12/c1-10-13-16-17-22-29-36-43-58(63-59(71)44-37-30-25-20-18-23-27-34-39-54(69)56(41-32-14-11-2)77-61(73)50-65(6,7)46-48-75-52(4)67)64-60(72)45-38-31-26-21-19-24-28-35-40-55(70)57(42-33-15-12-3)78-62(74)51-66(8,9)47-49-76-53(5)68/h27-28,34-35,54-58,69-70H,10-26,29-33,36-51H2,1-9H3/p+2/b34-27-,35-28-. The number of amides is 2. The molecule has 0 aliphatic heterocycles. The van der Waals surface area contributed by atoms with Gasteiger partial charge in [0.25, 0.3) is 0 Å². The molecule has 0 spiro atoms. The number of carbonyl (C=O) groups excluding carboxylic acids is 6. The highest BCUT2D eigenvalue weighted by atomic mass is 16.6. The number of hydrogen-bond acceptors (Lipinski definition) is 12. The lowest BCUT2D eigenvalue weighted by molar-refractivity contribution is -0.883. The lowest BCUT2D eigenvalue weighted by Gasteiger charge is -2.30. The van der Waals surface area contributed by atoms with Crippen LogP contribution in [0.4, 0.5) is 0 Å². The van der Waals surface area contributed by atoms with Crippen LogP contribution in [0, 0.1) is 0 Å².